The minimum absolute atomic E-state index is 0.0467. The SMILES string of the molecule is CCCCCn1c(Cn2c(=O)n(CC(F)(F)F)c(=O)c3ccccc32)nc2cc(CN)ccc21. The number of nitrogens with zero attached hydrogens (tertiary/aromatic N) is 4. The number of hydrogen-bond acceptors (Lipinski definition) is 4. The van der Waals surface area contributed by atoms with E-state index in [4.69, 9.17) is 10.7 Å². The number of alkyl halides is 3. The van der Waals surface area contributed by atoms with Crippen molar-refractivity contribution in [2.24, 2.45) is 5.73 Å². The maximum absolute atomic E-state index is 13.2. The molecule has 0 fully saturated rings. The maximum Gasteiger partial charge on any atom is 0.406 e. The normalized spacial score (nSPS) is 12.1. The molecule has 0 aliphatic carbocycles. The Morgan fingerprint density at radius 2 is 1.74 bits per heavy atom. The van der Waals surface area contributed by atoms with Crippen LogP contribution in [0.2, 0.25) is 0 Å². The van der Waals surface area contributed by atoms with Gasteiger partial charge in [-0.2, -0.15) is 13.2 Å². The first-order chi connectivity index (χ1) is 16.2. The van der Waals surface area contributed by atoms with Crippen molar-refractivity contribution in [3.05, 3.63) is 74.7 Å². The molecule has 180 valence electrons. The third-order valence-corrected chi connectivity index (χ3v) is 5.88. The lowest BCUT2D eigenvalue weighted by molar-refractivity contribution is -0.141. The van der Waals surface area contributed by atoms with Crippen molar-refractivity contribution >= 4 is 21.9 Å². The van der Waals surface area contributed by atoms with Crippen molar-refractivity contribution in [2.45, 2.75) is 58.5 Å². The van der Waals surface area contributed by atoms with Crippen molar-refractivity contribution in [3.8, 4) is 0 Å². The number of fused-ring (bicyclic) bond motifs is 2. The number of aryl methyl sites for hydroxylation is 1. The summed E-state index contributed by atoms with van der Waals surface area (Å²) < 4.78 is 43.0. The van der Waals surface area contributed by atoms with Gasteiger partial charge in [0.15, 0.2) is 0 Å². The second-order valence-electron chi connectivity index (χ2n) is 8.31. The Kier molecular flexibility index (Phi) is 6.60. The number of halogens is 3. The summed E-state index contributed by atoms with van der Waals surface area (Å²) in [5.74, 6) is 0.532. The minimum atomic E-state index is -4.71. The second-order valence-corrected chi connectivity index (χ2v) is 8.31. The Morgan fingerprint density at radius 3 is 2.44 bits per heavy atom. The van der Waals surface area contributed by atoms with Crippen LogP contribution < -0.4 is 17.0 Å². The van der Waals surface area contributed by atoms with E-state index in [2.05, 4.69) is 6.92 Å². The molecule has 0 spiro atoms. The maximum atomic E-state index is 13.2. The van der Waals surface area contributed by atoms with Gasteiger partial charge in [0, 0.05) is 13.1 Å². The largest absolute Gasteiger partial charge is 0.406 e. The Morgan fingerprint density at radius 1 is 0.971 bits per heavy atom. The Hall–Kier alpha value is -3.40. The van der Waals surface area contributed by atoms with Gasteiger partial charge in [0.1, 0.15) is 12.4 Å². The summed E-state index contributed by atoms with van der Waals surface area (Å²) in [6.45, 7) is 1.37. The summed E-state index contributed by atoms with van der Waals surface area (Å²) in [5.41, 5.74) is 6.53. The molecule has 4 aromatic rings. The molecule has 0 aliphatic heterocycles. The fourth-order valence-electron chi connectivity index (χ4n) is 4.23. The van der Waals surface area contributed by atoms with Gasteiger partial charge in [0.2, 0.25) is 0 Å². The summed E-state index contributed by atoms with van der Waals surface area (Å²) in [5, 5.41) is 0.0467. The zero-order valence-corrected chi connectivity index (χ0v) is 18.8. The van der Waals surface area contributed by atoms with Crippen LogP contribution in [0.1, 0.15) is 37.6 Å². The topological polar surface area (TPSA) is 87.8 Å². The van der Waals surface area contributed by atoms with Gasteiger partial charge in [-0.15, -0.1) is 0 Å². The predicted molar refractivity (Wildman–Crippen MR) is 125 cm³/mol. The average Bonchev–Trinajstić information content (AvgIpc) is 3.15. The van der Waals surface area contributed by atoms with E-state index in [0.29, 0.717) is 24.4 Å². The van der Waals surface area contributed by atoms with Crippen molar-refractivity contribution in [2.75, 3.05) is 0 Å². The molecule has 34 heavy (non-hydrogen) atoms. The zero-order valence-electron chi connectivity index (χ0n) is 18.8. The number of unbranched alkanes of at least 4 members (excludes halogenated alkanes) is 2. The Balaban J connectivity index is 1.91. The fourth-order valence-corrected chi connectivity index (χ4v) is 4.23. The van der Waals surface area contributed by atoms with Crippen LogP contribution in [0.5, 0.6) is 0 Å². The Labute approximate surface area is 193 Å². The predicted octanol–water partition coefficient (Wildman–Crippen LogP) is 3.77. The van der Waals surface area contributed by atoms with Gasteiger partial charge in [-0.05, 0) is 36.2 Å². The molecular weight excluding hydrogens is 447 g/mol. The molecule has 2 heterocycles. The molecular formula is C24H26F3N5O2. The molecule has 0 aliphatic rings. The number of hydrogen-bond donors (Lipinski definition) is 1. The molecule has 0 saturated heterocycles. The lowest BCUT2D eigenvalue weighted by Gasteiger charge is -2.16. The molecule has 2 aromatic carbocycles. The molecule has 7 nitrogen and oxygen atoms in total. The van der Waals surface area contributed by atoms with Gasteiger partial charge in [-0.1, -0.05) is 38.0 Å². The van der Waals surface area contributed by atoms with Crippen LogP contribution in [-0.4, -0.2) is 24.9 Å². The van der Waals surface area contributed by atoms with E-state index in [1.165, 1.54) is 10.6 Å². The van der Waals surface area contributed by atoms with E-state index < -0.39 is 24.0 Å². The standard InChI is InChI=1S/C24H26F3N5O2/c1-2-3-6-11-30-20-10-9-16(13-28)12-18(20)29-21(30)14-31-19-8-5-4-7-17(19)22(33)32(23(31)34)15-24(25,26)27/h4-5,7-10,12H,2-3,6,11,13-15,28H2,1H3. The van der Waals surface area contributed by atoms with E-state index in [0.717, 1.165) is 30.3 Å². The molecule has 0 unspecified atom stereocenters. The highest BCUT2D eigenvalue weighted by Crippen LogP contribution is 2.21. The van der Waals surface area contributed by atoms with Crippen LogP contribution in [0.3, 0.4) is 0 Å². The van der Waals surface area contributed by atoms with Crippen LogP contribution in [0.15, 0.2) is 52.1 Å². The molecule has 4 rings (SSSR count). The minimum Gasteiger partial charge on any atom is -0.326 e. The highest BCUT2D eigenvalue weighted by atomic mass is 19.4. The first-order valence-electron chi connectivity index (χ1n) is 11.2. The summed E-state index contributed by atoms with van der Waals surface area (Å²) in [7, 11) is 0. The number of nitrogens with two attached hydrogens (primary N) is 1. The van der Waals surface area contributed by atoms with E-state index >= 15 is 0 Å². The molecule has 0 saturated carbocycles. The molecule has 0 amide bonds. The second kappa shape index (κ2) is 9.46. The van der Waals surface area contributed by atoms with E-state index in [-0.39, 0.29) is 22.0 Å². The summed E-state index contributed by atoms with van der Waals surface area (Å²) >= 11 is 0. The number of aromatic nitrogens is 4. The molecule has 0 atom stereocenters. The number of para-hydroxylation sites is 1. The quantitative estimate of drug-likeness (QED) is 0.395. The molecule has 0 radical (unpaired) electrons. The van der Waals surface area contributed by atoms with Crippen molar-refractivity contribution in [3.63, 3.8) is 0 Å². The summed E-state index contributed by atoms with van der Waals surface area (Å²) in [6, 6.07) is 11.9. The smallest absolute Gasteiger partial charge is 0.326 e. The first-order valence-corrected chi connectivity index (χ1v) is 11.2. The van der Waals surface area contributed by atoms with Gasteiger partial charge in [-0.3, -0.25) is 13.9 Å². The monoisotopic (exact) mass is 473 g/mol. The third kappa shape index (κ3) is 4.63. The van der Waals surface area contributed by atoms with Crippen LogP contribution in [0, 0.1) is 0 Å². The van der Waals surface area contributed by atoms with Crippen LogP contribution in [0.25, 0.3) is 21.9 Å². The highest BCUT2D eigenvalue weighted by molar-refractivity contribution is 5.79. The van der Waals surface area contributed by atoms with Gasteiger partial charge < -0.3 is 10.3 Å². The van der Waals surface area contributed by atoms with Gasteiger partial charge in [-0.25, -0.2) is 9.78 Å². The highest BCUT2D eigenvalue weighted by Gasteiger charge is 2.31. The third-order valence-electron chi connectivity index (χ3n) is 5.88. The molecule has 10 heteroatoms. The van der Waals surface area contributed by atoms with Crippen molar-refractivity contribution < 1.29 is 13.2 Å². The van der Waals surface area contributed by atoms with Gasteiger partial charge in [0.05, 0.1) is 28.5 Å². The molecule has 2 aromatic heterocycles. The first kappa shape index (κ1) is 23.7. The summed E-state index contributed by atoms with van der Waals surface area (Å²) in [6.07, 6.45) is -1.81. The van der Waals surface area contributed by atoms with E-state index in [9.17, 15) is 22.8 Å². The fraction of sp³-hybridized carbons (Fsp3) is 0.375. The lowest BCUT2D eigenvalue weighted by atomic mass is 10.2. The zero-order chi connectivity index (χ0) is 24.5. The van der Waals surface area contributed by atoms with Crippen molar-refractivity contribution in [1.82, 2.24) is 18.7 Å². The van der Waals surface area contributed by atoms with Crippen molar-refractivity contribution in [1.29, 1.82) is 0 Å². The average molecular weight is 473 g/mol. The van der Waals surface area contributed by atoms with Gasteiger partial charge in [0.25, 0.3) is 5.56 Å². The van der Waals surface area contributed by atoms with Crippen LogP contribution in [0.4, 0.5) is 13.2 Å². The van der Waals surface area contributed by atoms with Crippen LogP contribution in [-0.2, 0) is 26.2 Å². The summed E-state index contributed by atoms with van der Waals surface area (Å²) in [4.78, 5) is 30.6. The molecule has 0 bridgehead atoms. The van der Waals surface area contributed by atoms with E-state index in [1.807, 2.05) is 22.8 Å². The van der Waals surface area contributed by atoms with E-state index in [1.54, 1.807) is 18.2 Å². The number of imidazole rings is 1. The van der Waals surface area contributed by atoms with Gasteiger partial charge >= 0.3 is 11.9 Å². The van der Waals surface area contributed by atoms with Crippen LogP contribution >= 0.6 is 0 Å². The Bertz CT molecular complexity index is 1450. The lowest BCUT2D eigenvalue weighted by Crippen LogP contribution is -2.43. The number of rotatable bonds is 8. The molecule has 2 N–H and O–H groups in total. The number of benzene rings is 2.